The zero-order valence-electron chi connectivity index (χ0n) is 9.98. The van der Waals surface area contributed by atoms with E-state index < -0.39 is 10.0 Å². The molecule has 0 bridgehead atoms. The van der Waals surface area contributed by atoms with Gasteiger partial charge in [0.2, 0.25) is 0 Å². The number of aromatic amines is 1. The molecule has 7 heteroatoms. The van der Waals surface area contributed by atoms with Gasteiger partial charge >= 0.3 is 0 Å². The van der Waals surface area contributed by atoms with Gasteiger partial charge in [-0.2, -0.15) is 0 Å². The minimum atomic E-state index is -3.48. The van der Waals surface area contributed by atoms with Gasteiger partial charge in [0.15, 0.2) is 5.03 Å². The SMILES string of the molecule is Cc1ncc(S(=O)(=O)NC(C)CN(C)C)[nH]1. The lowest BCUT2D eigenvalue weighted by molar-refractivity contribution is 0.370. The lowest BCUT2D eigenvalue weighted by Gasteiger charge is -2.17. The van der Waals surface area contributed by atoms with Gasteiger partial charge in [0, 0.05) is 12.6 Å². The number of aryl methyl sites for hydroxylation is 1. The zero-order valence-corrected chi connectivity index (χ0v) is 10.8. The summed E-state index contributed by atoms with van der Waals surface area (Å²) in [5, 5.41) is 0.107. The van der Waals surface area contributed by atoms with E-state index in [1.807, 2.05) is 25.9 Å². The second-order valence-electron chi connectivity index (χ2n) is 4.12. The molecule has 92 valence electrons. The van der Waals surface area contributed by atoms with Crippen molar-refractivity contribution in [2.24, 2.45) is 0 Å². The fraction of sp³-hybridized carbons (Fsp3) is 0.667. The fourth-order valence-electron chi connectivity index (χ4n) is 1.45. The average Bonchev–Trinajstić information content (AvgIpc) is 2.49. The van der Waals surface area contributed by atoms with Crippen molar-refractivity contribution in [3.63, 3.8) is 0 Å². The maximum absolute atomic E-state index is 11.8. The Bertz CT molecular complexity index is 438. The smallest absolute Gasteiger partial charge is 0.257 e. The molecule has 0 saturated heterocycles. The first-order valence-corrected chi connectivity index (χ1v) is 6.48. The number of hydrogen-bond donors (Lipinski definition) is 2. The first-order valence-electron chi connectivity index (χ1n) is 5.00. The van der Waals surface area contributed by atoms with Gasteiger partial charge in [0.05, 0.1) is 6.20 Å². The third kappa shape index (κ3) is 3.58. The van der Waals surface area contributed by atoms with Gasteiger partial charge in [-0.05, 0) is 27.9 Å². The molecule has 0 aliphatic rings. The number of sulfonamides is 1. The molecule has 0 aliphatic carbocycles. The molecule has 0 spiro atoms. The van der Waals surface area contributed by atoms with E-state index in [9.17, 15) is 8.42 Å². The van der Waals surface area contributed by atoms with E-state index in [-0.39, 0.29) is 11.1 Å². The van der Waals surface area contributed by atoms with Crippen LogP contribution in [0.5, 0.6) is 0 Å². The second-order valence-corrected chi connectivity index (χ2v) is 5.80. The van der Waals surface area contributed by atoms with Crippen LogP contribution in [0.15, 0.2) is 11.2 Å². The van der Waals surface area contributed by atoms with Crippen LogP contribution >= 0.6 is 0 Å². The number of hydrogen-bond acceptors (Lipinski definition) is 4. The fourth-order valence-corrected chi connectivity index (χ4v) is 2.65. The van der Waals surface area contributed by atoms with Crippen molar-refractivity contribution in [1.82, 2.24) is 19.6 Å². The van der Waals surface area contributed by atoms with Gasteiger partial charge in [-0.25, -0.2) is 18.1 Å². The predicted octanol–water partition coefficient (Wildman–Crippen LogP) is -0.0535. The van der Waals surface area contributed by atoms with E-state index in [1.54, 1.807) is 6.92 Å². The Morgan fingerprint density at radius 1 is 1.56 bits per heavy atom. The third-order valence-electron chi connectivity index (χ3n) is 1.96. The number of likely N-dealkylation sites (N-methyl/N-ethyl adjacent to an activating group) is 1. The van der Waals surface area contributed by atoms with E-state index in [0.717, 1.165) is 0 Å². The van der Waals surface area contributed by atoms with Crippen molar-refractivity contribution in [2.75, 3.05) is 20.6 Å². The van der Waals surface area contributed by atoms with E-state index in [2.05, 4.69) is 14.7 Å². The largest absolute Gasteiger partial charge is 0.332 e. The highest BCUT2D eigenvalue weighted by molar-refractivity contribution is 7.89. The van der Waals surface area contributed by atoms with Gasteiger partial charge in [0.1, 0.15) is 5.82 Å². The summed E-state index contributed by atoms with van der Waals surface area (Å²) >= 11 is 0. The van der Waals surface area contributed by atoms with Crippen molar-refractivity contribution in [1.29, 1.82) is 0 Å². The van der Waals surface area contributed by atoms with Crippen molar-refractivity contribution in [3.8, 4) is 0 Å². The Balaban J connectivity index is 2.73. The van der Waals surface area contributed by atoms with Crippen LogP contribution in [0.4, 0.5) is 0 Å². The van der Waals surface area contributed by atoms with Crippen LogP contribution < -0.4 is 4.72 Å². The maximum Gasteiger partial charge on any atom is 0.257 e. The minimum Gasteiger partial charge on any atom is -0.332 e. The van der Waals surface area contributed by atoms with Gasteiger partial charge in [-0.15, -0.1) is 0 Å². The van der Waals surface area contributed by atoms with Crippen LogP contribution in [0.3, 0.4) is 0 Å². The Hall–Kier alpha value is -0.920. The van der Waals surface area contributed by atoms with Crippen LogP contribution in [0, 0.1) is 6.92 Å². The summed E-state index contributed by atoms with van der Waals surface area (Å²) in [6.45, 7) is 4.18. The molecule has 1 atom stereocenters. The zero-order chi connectivity index (χ0) is 12.3. The van der Waals surface area contributed by atoms with Crippen molar-refractivity contribution < 1.29 is 8.42 Å². The lowest BCUT2D eigenvalue weighted by atomic mass is 10.3. The number of imidazole rings is 1. The number of aromatic nitrogens is 2. The molecule has 1 unspecified atom stereocenters. The third-order valence-corrected chi connectivity index (χ3v) is 3.46. The quantitative estimate of drug-likeness (QED) is 0.763. The molecule has 0 radical (unpaired) electrons. The monoisotopic (exact) mass is 246 g/mol. The van der Waals surface area contributed by atoms with Gasteiger partial charge in [-0.3, -0.25) is 0 Å². The first-order chi connectivity index (χ1) is 7.31. The molecule has 2 N–H and O–H groups in total. The Morgan fingerprint density at radius 2 is 2.19 bits per heavy atom. The topological polar surface area (TPSA) is 78.1 Å². The molecule has 0 saturated carbocycles. The van der Waals surface area contributed by atoms with Gasteiger partial charge < -0.3 is 9.88 Å². The van der Waals surface area contributed by atoms with Crippen molar-refractivity contribution >= 4 is 10.0 Å². The Morgan fingerprint density at radius 3 is 2.62 bits per heavy atom. The highest BCUT2D eigenvalue weighted by atomic mass is 32.2. The van der Waals surface area contributed by atoms with Crippen LogP contribution in [0.25, 0.3) is 0 Å². The summed E-state index contributed by atoms with van der Waals surface area (Å²) in [5.41, 5.74) is 0. The standard InChI is InChI=1S/C9H18N4O2S/c1-7(6-13(3)4)12-16(14,15)9-5-10-8(2)11-9/h5,7,12H,6H2,1-4H3,(H,10,11). The number of nitrogens with one attached hydrogen (secondary N) is 2. The van der Waals surface area contributed by atoms with E-state index in [1.165, 1.54) is 6.20 Å². The molecule has 1 aromatic heterocycles. The summed E-state index contributed by atoms with van der Waals surface area (Å²) in [6.07, 6.45) is 1.32. The number of rotatable bonds is 5. The van der Waals surface area contributed by atoms with Crippen LogP contribution in [-0.2, 0) is 10.0 Å². The van der Waals surface area contributed by atoms with Crippen LogP contribution in [0.2, 0.25) is 0 Å². The molecular formula is C9H18N4O2S. The summed E-state index contributed by atoms with van der Waals surface area (Å²) in [4.78, 5) is 8.49. The first kappa shape index (κ1) is 13.1. The molecular weight excluding hydrogens is 228 g/mol. The van der Waals surface area contributed by atoms with E-state index in [4.69, 9.17) is 0 Å². The maximum atomic E-state index is 11.8. The summed E-state index contributed by atoms with van der Waals surface area (Å²) < 4.78 is 26.2. The van der Waals surface area contributed by atoms with Crippen LogP contribution in [0.1, 0.15) is 12.7 Å². The molecule has 0 aromatic carbocycles. The van der Waals surface area contributed by atoms with Crippen LogP contribution in [-0.4, -0.2) is 50.0 Å². The molecule has 0 aliphatic heterocycles. The van der Waals surface area contributed by atoms with Crippen molar-refractivity contribution in [2.45, 2.75) is 24.9 Å². The molecule has 6 nitrogen and oxygen atoms in total. The molecule has 0 amide bonds. The summed E-state index contributed by atoms with van der Waals surface area (Å²) in [6, 6.07) is -0.149. The van der Waals surface area contributed by atoms with Gasteiger partial charge in [0.25, 0.3) is 10.0 Å². The minimum absolute atomic E-state index is 0.107. The molecule has 16 heavy (non-hydrogen) atoms. The van der Waals surface area contributed by atoms with Gasteiger partial charge in [-0.1, -0.05) is 0 Å². The van der Waals surface area contributed by atoms with Crippen molar-refractivity contribution in [3.05, 3.63) is 12.0 Å². The van der Waals surface area contributed by atoms with E-state index in [0.29, 0.717) is 12.4 Å². The highest BCUT2D eigenvalue weighted by Crippen LogP contribution is 2.05. The Kier molecular flexibility index (Phi) is 4.06. The molecule has 0 fully saturated rings. The summed E-state index contributed by atoms with van der Waals surface area (Å²) in [7, 11) is 0.309. The molecule has 1 heterocycles. The number of H-pyrrole nitrogens is 1. The second kappa shape index (κ2) is 4.94. The summed E-state index contributed by atoms with van der Waals surface area (Å²) in [5.74, 6) is 0.584. The average molecular weight is 246 g/mol. The molecule has 1 rings (SSSR count). The lowest BCUT2D eigenvalue weighted by Crippen LogP contribution is -2.39. The molecule has 1 aromatic rings. The highest BCUT2D eigenvalue weighted by Gasteiger charge is 2.19. The Labute approximate surface area is 96.1 Å². The predicted molar refractivity (Wildman–Crippen MR) is 61.7 cm³/mol. The van der Waals surface area contributed by atoms with E-state index >= 15 is 0 Å². The normalized spacial score (nSPS) is 14.3. The number of nitrogens with zero attached hydrogens (tertiary/aromatic N) is 2.